The molecule has 0 aliphatic carbocycles. The lowest BCUT2D eigenvalue weighted by molar-refractivity contribution is 0.0998. The number of carbonyl (C=O) groups is 2. The van der Waals surface area contributed by atoms with Gasteiger partial charge in [0.25, 0.3) is 5.91 Å². The summed E-state index contributed by atoms with van der Waals surface area (Å²) in [5, 5.41) is 2.57. The van der Waals surface area contributed by atoms with Crippen molar-refractivity contribution in [3.63, 3.8) is 0 Å². The lowest BCUT2D eigenvalue weighted by atomic mass is 10.1. The first kappa shape index (κ1) is 19.0. The standard InChI is InChI=1S/C18H18FN3O4S/c19-15-8-5-13(11-16(15)27(25,26)22-9-1-2-10-22)18(24)21-14-6-3-12(4-7-14)17(20)23/h3-8,11H,1-2,9-10H2,(H2,20,23)(H,21,24). The minimum atomic E-state index is -3.99. The van der Waals surface area contributed by atoms with Gasteiger partial charge in [0.15, 0.2) is 0 Å². The Morgan fingerprint density at radius 1 is 1.00 bits per heavy atom. The van der Waals surface area contributed by atoms with E-state index >= 15 is 0 Å². The highest BCUT2D eigenvalue weighted by Crippen LogP contribution is 2.24. The number of hydrogen-bond donors (Lipinski definition) is 2. The van der Waals surface area contributed by atoms with Gasteiger partial charge in [-0.05, 0) is 55.3 Å². The first-order valence-electron chi connectivity index (χ1n) is 8.30. The second-order valence-electron chi connectivity index (χ2n) is 6.15. The van der Waals surface area contributed by atoms with Gasteiger partial charge < -0.3 is 11.1 Å². The zero-order valence-corrected chi connectivity index (χ0v) is 15.1. The monoisotopic (exact) mass is 391 g/mol. The summed E-state index contributed by atoms with van der Waals surface area (Å²) in [5.41, 5.74) is 5.84. The van der Waals surface area contributed by atoms with Gasteiger partial charge in [-0.15, -0.1) is 0 Å². The van der Waals surface area contributed by atoms with E-state index in [1.54, 1.807) is 0 Å². The third-order valence-corrected chi connectivity index (χ3v) is 6.22. The predicted molar refractivity (Wildman–Crippen MR) is 97.3 cm³/mol. The summed E-state index contributed by atoms with van der Waals surface area (Å²) in [6.45, 7) is 0.675. The zero-order valence-electron chi connectivity index (χ0n) is 14.3. The van der Waals surface area contributed by atoms with E-state index in [4.69, 9.17) is 5.73 Å². The first-order valence-corrected chi connectivity index (χ1v) is 9.74. The van der Waals surface area contributed by atoms with Crippen molar-refractivity contribution in [2.45, 2.75) is 17.7 Å². The van der Waals surface area contributed by atoms with Crippen molar-refractivity contribution < 1.29 is 22.4 Å². The Labute approximate surface area is 156 Å². The van der Waals surface area contributed by atoms with Gasteiger partial charge in [0.1, 0.15) is 10.7 Å². The van der Waals surface area contributed by atoms with Crippen LogP contribution in [0.3, 0.4) is 0 Å². The van der Waals surface area contributed by atoms with Gasteiger partial charge in [-0.25, -0.2) is 12.8 Å². The number of sulfonamides is 1. The van der Waals surface area contributed by atoms with E-state index in [0.29, 0.717) is 18.8 Å². The number of nitrogens with one attached hydrogen (secondary N) is 1. The minimum absolute atomic E-state index is 0.00755. The number of nitrogens with zero attached hydrogens (tertiary/aromatic N) is 1. The van der Waals surface area contributed by atoms with Crippen molar-refractivity contribution >= 4 is 27.5 Å². The molecule has 1 saturated heterocycles. The molecule has 0 unspecified atom stereocenters. The smallest absolute Gasteiger partial charge is 0.255 e. The minimum Gasteiger partial charge on any atom is -0.366 e. The molecule has 1 heterocycles. The summed E-state index contributed by atoms with van der Waals surface area (Å²) in [5.74, 6) is -2.09. The number of anilines is 1. The van der Waals surface area contributed by atoms with Gasteiger partial charge >= 0.3 is 0 Å². The molecule has 0 radical (unpaired) electrons. The molecule has 1 aliphatic rings. The molecule has 1 fully saturated rings. The largest absolute Gasteiger partial charge is 0.366 e. The van der Waals surface area contributed by atoms with Crippen LogP contribution in [0.1, 0.15) is 33.6 Å². The van der Waals surface area contributed by atoms with E-state index in [1.165, 1.54) is 34.6 Å². The van der Waals surface area contributed by atoms with Crippen LogP contribution in [-0.4, -0.2) is 37.6 Å². The van der Waals surface area contributed by atoms with E-state index in [1.807, 2.05) is 0 Å². The van der Waals surface area contributed by atoms with Crippen LogP contribution in [-0.2, 0) is 10.0 Å². The van der Waals surface area contributed by atoms with E-state index in [-0.39, 0.29) is 11.1 Å². The van der Waals surface area contributed by atoms with Crippen molar-refractivity contribution in [2.75, 3.05) is 18.4 Å². The molecule has 2 aromatic carbocycles. The lowest BCUT2D eigenvalue weighted by Crippen LogP contribution is -2.29. The second kappa shape index (κ2) is 7.45. The van der Waals surface area contributed by atoms with Crippen molar-refractivity contribution in [3.8, 4) is 0 Å². The molecule has 0 bridgehead atoms. The van der Waals surface area contributed by atoms with Crippen LogP contribution in [0.25, 0.3) is 0 Å². The third-order valence-electron chi connectivity index (χ3n) is 4.30. The Bertz CT molecular complexity index is 984. The van der Waals surface area contributed by atoms with Crippen LogP contribution >= 0.6 is 0 Å². The molecule has 0 spiro atoms. The molecule has 0 saturated carbocycles. The number of amides is 2. The highest BCUT2D eigenvalue weighted by Gasteiger charge is 2.30. The van der Waals surface area contributed by atoms with E-state index < -0.39 is 32.6 Å². The Morgan fingerprint density at radius 2 is 1.59 bits per heavy atom. The van der Waals surface area contributed by atoms with Crippen molar-refractivity contribution in [1.29, 1.82) is 0 Å². The predicted octanol–water partition coefficient (Wildman–Crippen LogP) is 1.96. The van der Waals surface area contributed by atoms with Gasteiger partial charge in [-0.2, -0.15) is 4.31 Å². The van der Waals surface area contributed by atoms with Crippen LogP contribution in [0.4, 0.5) is 10.1 Å². The lowest BCUT2D eigenvalue weighted by Gasteiger charge is -2.16. The Hall–Kier alpha value is -2.78. The Kier molecular flexibility index (Phi) is 5.24. The maximum atomic E-state index is 14.1. The molecule has 3 rings (SSSR count). The number of nitrogens with two attached hydrogens (primary N) is 1. The molecule has 0 atom stereocenters. The van der Waals surface area contributed by atoms with Crippen molar-refractivity contribution in [3.05, 3.63) is 59.4 Å². The maximum Gasteiger partial charge on any atom is 0.255 e. The molecule has 2 amide bonds. The highest BCUT2D eigenvalue weighted by molar-refractivity contribution is 7.89. The number of primary amides is 1. The second-order valence-corrected chi connectivity index (χ2v) is 8.06. The van der Waals surface area contributed by atoms with Gasteiger partial charge in [-0.1, -0.05) is 0 Å². The fraction of sp³-hybridized carbons (Fsp3) is 0.222. The number of hydrogen-bond acceptors (Lipinski definition) is 4. The quantitative estimate of drug-likeness (QED) is 0.812. The molecule has 0 aromatic heterocycles. The fourth-order valence-electron chi connectivity index (χ4n) is 2.83. The van der Waals surface area contributed by atoms with Crippen LogP contribution in [0.5, 0.6) is 0 Å². The number of carbonyl (C=O) groups excluding carboxylic acids is 2. The topological polar surface area (TPSA) is 110 Å². The highest BCUT2D eigenvalue weighted by atomic mass is 32.2. The van der Waals surface area contributed by atoms with E-state index in [9.17, 15) is 22.4 Å². The molecule has 9 heteroatoms. The normalized spacial score (nSPS) is 14.9. The molecule has 3 N–H and O–H groups in total. The van der Waals surface area contributed by atoms with E-state index in [0.717, 1.165) is 25.0 Å². The maximum absolute atomic E-state index is 14.1. The molecule has 142 valence electrons. The summed E-state index contributed by atoms with van der Waals surface area (Å²) >= 11 is 0. The molecule has 1 aliphatic heterocycles. The molecule has 2 aromatic rings. The first-order chi connectivity index (χ1) is 12.8. The van der Waals surface area contributed by atoms with Gasteiger partial charge in [-0.3, -0.25) is 9.59 Å². The summed E-state index contributed by atoms with van der Waals surface area (Å²) < 4.78 is 40.6. The molecular formula is C18H18FN3O4S. The van der Waals surface area contributed by atoms with Crippen LogP contribution in [0.15, 0.2) is 47.4 Å². The summed E-state index contributed by atoms with van der Waals surface area (Å²) in [4.78, 5) is 23.0. The van der Waals surface area contributed by atoms with Gasteiger partial charge in [0.2, 0.25) is 15.9 Å². The summed E-state index contributed by atoms with van der Waals surface area (Å²) in [6, 6.07) is 9.10. The Morgan fingerprint density at radius 3 is 2.19 bits per heavy atom. The zero-order chi connectivity index (χ0) is 19.6. The van der Waals surface area contributed by atoms with Crippen LogP contribution in [0.2, 0.25) is 0 Å². The van der Waals surface area contributed by atoms with Gasteiger partial charge in [0, 0.05) is 29.9 Å². The van der Waals surface area contributed by atoms with Crippen LogP contribution < -0.4 is 11.1 Å². The van der Waals surface area contributed by atoms with Gasteiger partial charge in [0.05, 0.1) is 0 Å². The third kappa shape index (κ3) is 3.99. The molecular weight excluding hydrogens is 373 g/mol. The molecule has 27 heavy (non-hydrogen) atoms. The number of rotatable bonds is 5. The SMILES string of the molecule is NC(=O)c1ccc(NC(=O)c2ccc(F)c(S(=O)(=O)N3CCCC3)c2)cc1. The average molecular weight is 391 g/mol. The Balaban J connectivity index is 1.84. The fourth-order valence-corrected chi connectivity index (χ4v) is 4.44. The summed E-state index contributed by atoms with van der Waals surface area (Å²) in [6.07, 6.45) is 1.45. The molecule has 7 nitrogen and oxygen atoms in total. The van der Waals surface area contributed by atoms with Crippen LogP contribution in [0, 0.1) is 5.82 Å². The number of benzene rings is 2. The number of halogens is 1. The van der Waals surface area contributed by atoms with E-state index in [2.05, 4.69) is 5.32 Å². The van der Waals surface area contributed by atoms with Crippen molar-refractivity contribution in [2.24, 2.45) is 5.73 Å². The summed E-state index contributed by atoms with van der Waals surface area (Å²) in [7, 11) is -3.99. The van der Waals surface area contributed by atoms with Crippen molar-refractivity contribution in [1.82, 2.24) is 4.31 Å². The average Bonchev–Trinajstić information content (AvgIpc) is 3.18.